The third-order valence-electron chi connectivity index (χ3n) is 1.84. The van der Waals surface area contributed by atoms with Gasteiger partial charge in [0.15, 0.2) is 0 Å². The second kappa shape index (κ2) is 4.28. The lowest BCUT2D eigenvalue weighted by atomic mass is 10.2. The van der Waals surface area contributed by atoms with E-state index in [-0.39, 0.29) is 0 Å². The van der Waals surface area contributed by atoms with Gasteiger partial charge in [0.25, 0.3) is 0 Å². The van der Waals surface area contributed by atoms with Crippen molar-refractivity contribution in [3.8, 4) is 0 Å². The zero-order valence-corrected chi connectivity index (χ0v) is 10.1. The molecule has 0 atom stereocenters. The van der Waals surface area contributed by atoms with Crippen LogP contribution in [-0.2, 0) is 0 Å². The molecule has 0 spiro atoms. The lowest BCUT2D eigenvalue weighted by Gasteiger charge is -2.02. The Balaban J connectivity index is 2.64. The molecule has 0 N–H and O–H groups in total. The van der Waals surface area contributed by atoms with E-state index < -0.39 is 0 Å². The molecule has 14 heavy (non-hydrogen) atoms. The first-order chi connectivity index (χ1) is 6.81. The van der Waals surface area contributed by atoms with Gasteiger partial charge in [0.2, 0.25) is 0 Å². The second-order valence-corrected chi connectivity index (χ2v) is 4.94. The predicted molar refractivity (Wildman–Crippen MR) is 63.6 cm³/mol. The Bertz CT molecular complexity index is 459. The van der Waals surface area contributed by atoms with Crippen LogP contribution in [0.15, 0.2) is 34.0 Å². The van der Waals surface area contributed by atoms with Crippen LogP contribution in [-0.4, -0.2) is 15.7 Å². The van der Waals surface area contributed by atoms with E-state index in [0.717, 1.165) is 26.2 Å². The summed E-state index contributed by atoms with van der Waals surface area (Å²) in [4.78, 5) is 8.49. The van der Waals surface area contributed by atoms with Crippen molar-refractivity contribution in [3.05, 3.63) is 29.0 Å². The molecule has 0 saturated carbocycles. The van der Waals surface area contributed by atoms with E-state index in [9.17, 15) is 0 Å². The number of rotatable bonds is 2. The van der Waals surface area contributed by atoms with Gasteiger partial charge in [-0.2, -0.15) is 0 Å². The van der Waals surface area contributed by atoms with Gasteiger partial charge in [-0.25, -0.2) is 9.97 Å². The van der Waals surface area contributed by atoms with Gasteiger partial charge in [-0.3, -0.25) is 0 Å². The molecule has 4 heteroatoms. The van der Waals surface area contributed by atoms with Crippen molar-refractivity contribution in [2.75, 3.05) is 5.75 Å². The first kappa shape index (κ1) is 9.93. The highest BCUT2D eigenvalue weighted by Gasteiger charge is 2.03. The monoisotopic (exact) mass is 268 g/mol. The predicted octanol–water partition coefficient (Wildman–Crippen LogP) is 3.50. The minimum absolute atomic E-state index is 0.999. The summed E-state index contributed by atoms with van der Waals surface area (Å²) in [7, 11) is 0. The van der Waals surface area contributed by atoms with Crippen molar-refractivity contribution >= 4 is 38.6 Å². The highest BCUT2D eigenvalue weighted by Crippen LogP contribution is 2.26. The lowest BCUT2D eigenvalue weighted by Crippen LogP contribution is -1.86. The fourth-order valence-corrected chi connectivity index (χ4v) is 2.33. The Hall–Kier alpha value is -0.610. The maximum Gasteiger partial charge on any atom is 0.117 e. The van der Waals surface area contributed by atoms with Crippen LogP contribution in [0.5, 0.6) is 0 Å². The smallest absolute Gasteiger partial charge is 0.117 e. The number of benzene rings is 1. The lowest BCUT2D eigenvalue weighted by molar-refractivity contribution is 1.10. The molecule has 2 nitrogen and oxygen atoms in total. The molecule has 0 amide bonds. The van der Waals surface area contributed by atoms with Crippen molar-refractivity contribution < 1.29 is 0 Å². The molecule has 2 rings (SSSR count). The largest absolute Gasteiger partial charge is 0.236 e. The van der Waals surface area contributed by atoms with Crippen LogP contribution in [0.3, 0.4) is 0 Å². The maximum atomic E-state index is 4.27. The maximum absolute atomic E-state index is 4.27. The van der Waals surface area contributed by atoms with E-state index in [1.165, 1.54) is 0 Å². The molecule has 2 aromatic rings. The topological polar surface area (TPSA) is 25.8 Å². The molecular weight excluding hydrogens is 260 g/mol. The third-order valence-corrected chi connectivity index (χ3v) is 3.22. The van der Waals surface area contributed by atoms with Crippen LogP contribution in [0.1, 0.15) is 6.92 Å². The zero-order valence-electron chi connectivity index (χ0n) is 7.70. The average molecular weight is 269 g/mol. The van der Waals surface area contributed by atoms with Gasteiger partial charge in [-0.15, -0.1) is 11.8 Å². The van der Waals surface area contributed by atoms with Gasteiger partial charge in [0.05, 0.1) is 5.52 Å². The molecule has 72 valence electrons. The normalized spacial score (nSPS) is 10.7. The number of nitrogens with zero attached hydrogens (tertiary/aromatic N) is 2. The van der Waals surface area contributed by atoms with E-state index in [2.05, 4.69) is 38.9 Å². The van der Waals surface area contributed by atoms with E-state index in [1.54, 1.807) is 18.1 Å². The summed E-state index contributed by atoms with van der Waals surface area (Å²) in [5, 5.41) is 2.17. The molecule has 0 aliphatic carbocycles. The first-order valence-corrected chi connectivity index (χ1v) is 6.12. The summed E-state index contributed by atoms with van der Waals surface area (Å²) in [6.45, 7) is 2.12. The van der Waals surface area contributed by atoms with Crippen molar-refractivity contribution in [1.29, 1.82) is 0 Å². The Morgan fingerprint density at radius 2 is 2.21 bits per heavy atom. The Morgan fingerprint density at radius 3 is 3.00 bits per heavy atom. The average Bonchev–Trinajstić information content (AvgIpc) is 2.19. The standard InChI is InChI=1S/C10H9BrN2S/c1-2-14-10-8-5-7(11)3-4-9(8)12-6-13-10/h3-6H,2H2,1H3. The SMILES string of the molecule is CCSc1ncnc2ccc(Br)cc12. The number of hydrogen-bond acceptors (Lipinski definition) is 3. The van der Waals surface area contributed by atoms with Gasteiger partial charge in [-0.05, 0) is 24.0 Å². The summed E-state index contributed by atoms with van der Waals surface area (Å²) >= 11 is 5.19. The van der Waals surface area contributed by atoms with E-state index in [0.29, 0.717) is 0 Å². The molecular formula is C10H9BrN2S. The number of fused-ring (bicyclic) bond motifs is 1. The molecule has 0 radical (unpaired) electrons. The summed E-state index contributed by atoms with van der Waals surface area (Å²) in [6, 6.07) is 6.06. The number of thioether (sulfide) groups is 1. The van der Waals surface area contributed by atoms with Crippen LogP contribution in [0, 0.1) is 0 Å². The van der Waals surface area contributed by atoms with Gasteiger partial charge >= 0.3 is 0 Å². The van der Waals surface area contributed by atoms with Crippen LogP contribution in [0.2, 0.25) is 0 Å². The van der Waals surface area contributed by atoms with E-state index in [4.69, 9.17) is 0 Å². The zero-order chi connectivity index (χ0) is 9.97. The Kier molecular flexibility index (Phi) is 3.03. The Labute approximate surface area is 95.3 Å². The number of hydrogen-bond donors (Lipinski definition) is 0. The van der Waals surface area contributed by atoms with Crippen molar-refractivity contribution in [1.82, 2.24) is 9.97 Å². The van der Waals surface area contributed by atoms with Crippen molar-refractivity contribution in [2.45, 2.75) is 11.9 Å². The molecule has 1 aromatic carbocycles. The van der Waals surface area contributed by atoms with Crippen LogP contribution in [0.25, 0.3) is 10.9 Å². The highest BCUT2D eigenvalue weighted by atomic mass is 79.9. The van der Waals surface area contributed by atoms with Crippen molar-refractivity contribution in [3.63, 3.8) is 0 Å². The fraction of sp³-hybridized carbons (Fsp3) is 0.200. The van der Waals surface area contributed by atoms with Crippen LogP contribution in [0.4, 0.5) is 0 Å². The van der Waals surface area contributed by atoms with E-state index in [1.807, 2.05) is 12.1 Å². The summed E-state index contributed by atoms with van der Waals surface area (Å²) in [5.41, 5.74) is 0.999. The number of aromatic nitrogens is 2. The van der Waals surface area contributed by atoms with Crippen LogP contribution < -0.4 is 0 Å². The van der Waals surface area contributed by atoms with Crippen molar-refractivity contribution in [2.24, 2.45) is 0 Å². The van der Waals surface area contributed by atoms with Crippen LogP contribution >= 0.6 is 27.7 Å². The van der Waals surface area contributed by atoms with E-state index >= 15 is 0 Å². The highest BCUT2D eigenvalue weighted by molar-refractivity contribution is 9.10. The molecule has 0 aliphatic rings. The molecule has 0 unspecified atom stereocenters. The second-order valence-electron chi connectivity index (χ2n) is 2.77. The molecule has 0 aliphatic heterocycles. The fourth-order valence-electron chi connectivity index (χ4n) is 1.26. The molecule has 0 fully saturated rings. The molecule has 1 aromatic heterocycles. The summed E-state index contributed by atoms with van der Waals surface area (Å²) < 4.78 is 1.07. The third kappa shape index (κ3) is 1.91. The Morgan fingerprint density at radius 1 is 1.36 bits per heavy atom. The first-order valence-electron chi connectivity index (χ1n) is 4.34. The summed E-state index contributed by atoms with van der Waals surface area (Å²) in [6.07, 6.45) is 1.62. The van der Waals surface area contributed by atoms with Gasteiger partial charge in [0, 0.05) is 9.86 Å². The van der Waals surface area contributed by atoms with Gasteiger partial charge in [0.1, 0.15) is 11.4 Å². The summed E-state index contributed by atoms with van der Waals surface area (Å²) in [5.74, 6) is 1.03. The minimum atomic E-state index is 0.999. The molecule has 0 bridgehead atoms. The minimum Gasteiger partial charge on any atom is -0.236 e. The quantitative estimate of drug-likeness (QED) is 0.616. The number of halogens is 1. The van der Waals surface area contributed by atoms with Gasteiger partial charge in [-0.1, -0.05) is 22.9 Å². The van der Waals surface area contributed by atoms with Gasteiger partial charge < -0.3 is 0 Å². The molecule has 0 saturated heterocycles. The molecule has 1 heterocycles.